The third kappa shape index (κ3) is 4.15. The molecule has 0 bridgehead atoms. The van der Waals surface area contributed by atoms with E-state index in [1.54, 1.807) is 11.3 Å². The fraction of sp³-hybridized carbons (Fsp3) is 0. The minimum absolute atomic E-state index is 0.661. The van der Waals surface area contributed by atoms with Crippen molar-refractivity contribution in [1.29, 1.82) is 0 Å². The summed E-state index contributed by atoms with van der Waals surface area (Å²) in [4.78, 5) is 18.9. The summed E-state index contributed by atoms with van der Waals surface area (Å²) in [6.07, 6.45) is 0. The zero-order valence-corrected chi connectivity index (χ0v) is 20.6. The highest BCUT2D eigenvalue weighted by molar-refractivity contribution is 7.16. The molecule has 174 valence electrons. The molecule has 0 aliphatic carbocycles. The fourth-order valence-electron chi connectivity index (χ4n) is 4.54. The summed E-state index contributed by atoms with van der Waals surface area (Å²) in [5.74, 6) is 1.99. The van der Waals surface area contributed by atoms with E-state index in [1.807, 2.05) is 66.2 Å². The highest BCUT2D eigenvalue weighted by atomic mass is 32.1. The van der Waals surface area contributed by atoms with Gasteiger partial charge in [0.05, 0.1) is 15.7 Å². The smallest absolute Gasteiger partial charge is 0.164 e. The van der Waals surface area contributed by atoms with E-state index >= 15 is 0 Å². The first-order valence-corrected chi connectivity index (χ1v) is 12.9. The second-order valence-electron chi connectivity index (χ2n) is 8.85. The lowest BCUT2D eigenvalue weighted by Gasteiger charge is -2.10. The molecule has 0 fully saturated rings. The van der Waals surface area contributed by atoms with E-state index in [0.717, 1.165) is 27.6 Å². The topological polar surface area (TPSA) is 51.6 Å². The maximum Gasteiger partial charge on any atom is 0.164 e. The Hall–Kier alpha value is -4.74. The normalized spacial score (nSPS) is 11.2. The molecule has 0 aliphatic heterocycles. The van der Waals surface area contributed by atoms with E-state index in [2.05, 4.69) is 59.6 Å². The van der Waals surface area contributed by atoms with Gasteiger partial charge in [0.15, 0.2) is 17.5 Å². The Morgan fingerprint density at radius 2 is 0.946 bits per heavy atom. The molecule has 4 nitrogen and oxygen atoms in total. The zero-order chi connectivity index (χ0) is 24.6. The molecular formula is C32H20N4S. The monoisotopic (exact) mass is 492 g/mol. The molecular weight excluding hydrogens is 472 g/mol. The van der Waals surface area contributed by atoms with E-state index in [1.165, 1.54) is 21.2 Å². The molecule has 0 saturated heterocycles. The first-order chi connectivity index (χ1) is 18.3. The van der Waals surface area contributed by atoms with Crippen molar-refractivity contribution in [3.63, 3.8) is 0 Å². The maximum atomic E-state index is 4.87. The number of nitrogens with zero attached hydrogens (tertiary/aromatic N) is 4. The summed E-state index contributed by atoms with van der Waals surface area (Å²) in [7, 11) is 0. The zero-order valence-electron chi connectivity index (χ0n) is 19.7. The van der Waals surface area contributed by atoms with E-state index in [9.17, 15) is 0 Å². The molecule has 0 radical (unpaired) electrons. The lowest BCUT2D eigenvalue weighted by molar-refractivity contribution is 1.07. The summed E-state index contributed by atoms with van der Waals surface area (Å²) in [5.41, 5.74) is 8.21. The lowest BCUT2D eigenvalue weighted by Crippen LogP contribution is -2.00. The molecule has 0 N–H and O–H groups in total. The molecule has 7 rings (SSSR count). The summed E-state index contributed by atoms with van der Waals surface area (Å²) >= 11 is 1.67. The van der Waals surface area contributed by atoms with Gasteiger partial charge in [-0.25, -0.2) is 19.9 Å². The van der Waals surface area contributed by atoms with Gasteiger partial charge in [0, 0.05) is 16.7 Å². The SMILES string of the molecule is c1ccc(-c2nc(-c3ccccc3)nc(-c3ccc4cc(-c5ccc6ncsc6c5)ccc4c3)n2)cc1. The van der Waals surface area contributed by atoms with Gasteiger partial charge in [-0.3, -0.25) is 0 Å². The van der Waals surface area contributed by atoms with Crippen molar-refractivity contribution in [2.24, 2.45) is 0 Å². The maximum absolute atomic E-state index is 4.87. The summed E-state index contributed by atoms with van der Waals surface area (Å²) < 4.78 is 1.20. The highest BCUT2D eigenvalue weighted by Crippen LogP contribution is 2.31. The average Bonchev–Trinajstić information content (AvgIpc) is 3.45. The molecule has 0 unspecified atom stereocenters. The molecule has 0 atom stereocenters. The Balaban J connectivity index is 1.32. The Morgan fingerprint density at radius 1 is 0.432 bits per heavy atom. The Kier molecular flexibility index (Phi) is 5.26. The molecule has 0 saturated carbocycles. The van der Waals surface area contributed by atoms with Crippen LogP contribution in [0.25, 0.3) is 66.3 Å². The van der Waals surface area contributed by atoms with Crippen LogP contribution in [-0.2, 0) is 0 Å². The van der Waals surface area contributed by atoms with E-state index in [0.29, 0.717) is 17.5 Å². The predicted octanol–water partition coefficient (Wildman–Crippen LogP) is 8.30. The summed E-state index contributed by atoms with van der Waals surface area (Å²) in [5, 5.41) is 2.31. The van der Waals surface area contributed by atoms with E-state index in [4.69, 9.17) is 15.0 Å². The summed E-state index contributed by atoms with van der Waals surface area (Å²) in [6.45, 7) is 0. The number of hydrogen-bond acceptors (Lipinski definition) is 5. The van der Waals surface area contributed by atoms with Crippen LogP contribution in [0.2, 0.25) is 0 Å². The van der Waals surface area contributed by atoms with Crippen molar-refractivity contribution in [3.05, 3.63) is 121 Å². The van der Waals surface area contributed by atoms with Crippen LogP contribution in [0.15, 0.2) is 121 Å². The third-order valence-corrected chi connectivity index (χ3v) is 7.25. The van der Waals surface area contributed by atoms with Gasteiger partial charge in [0.25, 0.3) is 0 Å². The van der Waals surface area contributed by atoms with Gasteiger partial charge in [-0.05, 0) is 46.2 Å². The van der Waals surface area contributed by atoms with Gasteiger partial charge in [0.1, 0.15) is 0 Å². The van der Waals surface area contributed by atoms with Gasteiger partial charge in [-0.1, -0.05) is 91.0 Å². The van der Waals surface area contributed by atoms with Crippen molar-refractivity contribution >= 4 is 32.3 Å². The van der Waals surface area contributed by atoms with Crippen LogP contribution < -0.4 is 0 Å². The van der Waals surface area contributed by atoms with Crippen LogP contribution >= 0.6 is 11.3 Å². The van der Waals surface area contributed by atoms with Gasteiger partial charge in [0.2, 0.25) is 0 Å². The van der Waals surface area contributed by atoms with Crippen LogP contribution in [0.5, 0.6) is 0 Å². The molecule has 7 aromatic rings. The standard InChI is InChI=1S/C32H20N4S/c1-3-7-21(8-4-1)30-34-31(22-9-5-2-6-10-22)36-32(35-30)27-14-13-23-17-24(11-12-25(23)18-27)26-15-16-28-29(19-26)37-20-33-28/h1-20H. The van der Waals surface area contributed by atoms with Crippen LogP contribution in [0.3, 0.4) is 0 Å². The largest absolute Gasteiger partial charge is 0.245 e. The second-order valence-corrected chi connectivity index (χ2v) is 9.74. The minimum Gasteiger partial charge on any atom is -0.245 e. The number of fused-ring (bicyclic) bond motifs is 2. The van der Waals surface area contributed by atoms with E-state index < -0.39 is 0 Å². The van der Waals surface area contributed by atoms with Gasteiger partial charge in [-0.2, -0.15) is 0 Å². The highest BCUT2D eigenvalue weighted by Gasteiger charge is 2.13. The molecule has 0 spiro atoms. The second kappa shape index (κ2) is 9.04. The Morgan fingerprint density at radius 3 is 1.59 bits per heavy atom. The fourth-order valence-corrected chi connectivity index (χ4v) is 5.25. The number of aromatic nitrogens is 4. The molecule has 2 heterocycles. The average molecular weight is 493 g/mol. The van der Waals surface area contributed by atoms with Crippen molar-refractivity contribution in [2.45, 2.75) is 0 Å². The van der Waals surface area contributed by atoms with Crippen LogP contribution in [-0.4, -0.2) is 19.9 Å². The van der Waals surface area contributed by atoms with E-state index in [-0.39, 0.29) is 0 Å². The van der Waals surface area contributed by atoms with Crippen LogP contribution in [0.1, 0.15) is 0 Å². The quantitative estimate of drug-likeness (QED) is 0.248. The molecule has 5 heteroatoms. The molecule has 0 aliphatic rings. The number of benzene rings is 5. The molecule has 0 amide bonds. The molecule has 37 heavy (non-hydrogen) atoms. The van der Waals surface area contributed by atoms with Crippen molar-refractivity contribution in [1.82, 2.24) is 19.9 Å². The van der Waals surface area contributed by atoms with Crippen LogP contribution in [0.4, 0.5) is 0 Å². The number of rotatable bonds is 4. The predicted molar refractivity (Wildman–Crippen MR) is 152 cm³/mol. The first kappa shape index (κ1) is 21.5. The summed E-state index contributed by atoms with van der Waals surface area (Å²) in [6, 6.07) is 39.5. The number of thiazole rings is 1. The van der Waals surface area contributed by atoms with Crippen molar-refractivity contribution in [2.75, 3.05) is 0 Å². The minimum atomic E-state index is 0.661. The van der Waals surface area contributed by atoms with Crippen molar-refractivity contribution in [3.8, 4) is 45.3 Å². The van der Waals surface area contributed by atoms with Gasteiger partial charge < -0.3 is 0 Å². The van der Waals surface area contributed by atoms with Gasteiger partial charge in [-0.15, -0.1) is 11.3 Å². The van der Waals surface area contributed by atoms with Crippen molar-refractivity contribution < 1.29 is 0 Å². The Labute approximate surface area is 218 Å². The lowest BCUT2D eigenvalue weighted by atomic mass is 9.99. The first-order valence-electron chi connectivity index (χ1n) is 12.0. The van der Waals surface area contributed by atoms with Gasteiger partial charge >= 0.3 is 0 Å². The third-order valence-electron chi connectivity index (χ3n) is 6.46. The van der Waals surface area contributed by atoms with Crippen LogP contribution in [0, 0.1) is 0 Å². The number of hydrogen-bond donors (Lipinski definition) is 0. The Bertz CT molecular complexity index is 1820. The molecule has 2 aromatic heterocycles. The molecule has 5 aromatic carbocycles.